The zero-order chi connectivity index (χ0) is 29.0. The number of halogens is 2. The third kappa shape index (κ3) is 5.97. The molecule has 2 aromatic heterocycles. The highest BCUT2D eigenvalue weighted by molar-refractivity contribution is 5.89. The van der Waals surface area contributed by atoms with E-state index in [0.717, 1.165) is 17.8 Å². The highest BCUT2D eigenvalue weighted by Crippen LogP contribution is 2.35. The molecule has 1 unspecified atom stereocenters. The van der Waals surface area contributed by atoms with E-state index in [-0.39, 0.29) is 35.3 Å². The molecule has 7 nitrogen and oxygen atoms in total. The molecule has 0 bridgehead atoms. The van der Waals surface area contributed by atoms with Gasteiger partial charge in [0, 0.05) is 56.0 Å². The van der Waals surface area contributed by atoms with E-state index < -0.39 is 0 Å². The summed E-state index contributed by atoms with van der Waals surface area (Å²) in [5.41, 5.74) is 2.95. The molecule has 1 fully saturated rings. The van der Waals surface area contributed by atoms with Crippen molar-refractivity contribution in [3.05, 3.63) is 106 Å². The molecule has 3 heterocycles. The number of piperazine rings is 1. The van der Waals surface area contributed by atoms with Crippen LogP contribution in [-0.2, 0) is 7.05 Å². The third-order valence-corrected chi connectivity index (χ3v) is 7.39. The Morgan fingerprint density at radius 1 is 1.00 bits per heavy atom. The van der Waals surface area contributed by atoms with Gasteiger partial charge in [0.25, 0.3) is 11.4 Å². The second-order valence-corrected chi connectivity index (χ2v) is 9.98. The lowest BCUT2D eigenvalue weighted by Crippen LogP contribution is -2.57. The van der Waals surface area contributed by atoms with Crippen molar-refractivity contribution in [2.24, 2.45) is 7.05 Å². The maximum atomic E-state index is 13.7. The van der Waals surface area contributed by atoms with Gasteiger partial charge in [0.1, 0.15) is 17.4 Å². The Labute approximate surface area is 233 Å². The molecule has 4 aromatic rings. The Kier molecular flexibility index (Phi) is 8.80. The first-order valence-electron chi connectivity index (χ1n) is 13.1. The van der Waals surface area contributed by atoms with Crippen LogP contribution >= 0.6 is 0 Å². The van der Waals surface area contributed by atoms with E-state index in [0.29, 0.717) is 29.1 Å². The molecule has 2 aromatic carbocycles. The summed E-state index contributed by atoms with van der Waals surface area (Å²) in [5.74, 6) is 0.345. The lowest BCUT2D eigenvalue weighted by molar-refractivity contribution is 0.118. The average Bonchev–Trinajstić information content (AvgIpc) is 2.96. The molecule has 5 rings (SSSR count). The van der Waals surface area contributed by atoms with Crippen LogP contribution in [0.4, 0.5) is 20.3 Å². The number of nitrogens with zero attached hydrogens (tertiary/aromatic N) is 5. The number of benzene rings is 2. The van der Waals surface area contributed by atoms with Gasteiger partial charge in [-0.25, -0.2) is 8.78 Å². The van der Waals surface area contributed by atoms with Gasteiger partial charge < -0.3 is 19.0 Å². The van der Waals surface area contributed by atoms with Crippen molar-refractivity contribution in [1.29, 1.82) is 0 Å². The van der Waals surface area contributed by atoms with Gasteiger partial charge in [0.05, 0.1) is 18.3 Å². The van der Waals surface area contributed by atoms with Crippen LogP contribution in [0.2, 0.25) is 0 Å². The van der Waals surface area contributed by atoms with Gasteiger partial charge in [-0.1, -0.05) is 30.8 Å². The van der Waals surface area contributed by atoms with Crippen molar-refractivity contribution < 1.29 is 13.5 Å². The Morgan fingerprint density at radius 3 is 2.35 bits per heavy atom. The lowest BCUT2D eigenvalue weighted by Gasteiger charge is -2.47. The maximum absolute atomic E-state index is 13.7. The molecule has 1 aliphatic rings. The Bertz CT molecular complexity index is 1580. The third-order valence-electron chi connectivity index (χ3n) is 7.39. The van der Waals surface area contributed by atoms with Crippen LogP contribution in [0.15, 0.2) is 71.5 Å². The number of aromatic nitrogens is 2. The van der Waals surface area contributed by atoms with Gasteiger partial charge in [-0.2, -0.15) is 0 Å². The smallest absolute Gasteiger partial charge is 0.270 e. The Hall–Kier alpha value is -4.29. The molecule has 208 valence electrons. The topological polar surface area (TPSA) is 55.0 Å². The summed E-state index contributed by atoms with van der Waals surface area (Å²) in [5, 5.41) is 0. The molecule has 0 amide bonds. The second kappa shape index (κ2) is 12.3. The zero-order valence-corrected chi connectivity index (χ0v) is 23.3. The number of fused-ring (bicyclic) bond motifs is 1. The molecule has 0 spiro atoms. The van der Waals surface area contributed by atoms with E-state index in [2.05, 4.69) is 40.4 Å². The summed E-state index contributed by atoms with van der Waals surface area (Å²) in [7, 11) is 3.27. The molecule has 0 saturated carbocycles. The van der Waals surface area contributed by atoms with Gasteiger partial charge in [0.15, 0.2) is 0 Å². The molecule has 0 aliphatic carbocycles. The van der Waals surface area contributed by atoms with Crippen molar-refractivity contribution in [3.8, 4) is 5.75 Å². The van der Waals surface area contributed by atoms with E-state index in [4.69, 9.17) is 11.3 Å². The van der Waals surface area contributed by atoms with Crippen molar-refractivity contribution in [2.75, 3.05) is 25.1 Å². The number of hydrogen-bond acceptors (Lipinski definition) is 5. The normalized spacial score (nSPS) is 18.0. The number of hydrogen-bond donors (Lipinski definition) is 0. The van der Waals surface area contributed by atoms with E-state index in [9.17, 15) is 13.6 Å². The number of ether oxygens (including phenoxy) is 1. The minimum atomic E-state index is -0.321. The van der Waals surface area contributed by atoms with Gasteiger partial charge >= 0.3 is 0 Å². The van der Waals surface area contributed by atoms with Crippen LogP contribution in [-0.4, -0.2) is 46.7 Å². The summed E-state index contributed by atoms with van der Waals surface area (Å²) in [6.45, 7) is 15.1. The van der Waals surface area contributed by atoms with Gasteiger partial charge in [-0.15, -0.1) is 4.98 Å². The van der Waals surface area contributed by atoms with Gasteiger partial charge in [-0.05, 0) is 51.1 Å². The number of rotatable bonds is 4. The number of aryl methyl sites for hydroxylation is 1. The molecule has 0 radical (unpaired) electrons. The summed E-state index contributed by atoms with van der Waals surface area (Å²) < 4.78 is 32.6. The highest BCUT2D eigenvalue weighted by Gasteiger charge is 2.35. The SMILES string of the molecule is Fc1ccccc1.[C-]#[N+]c1ccc2c(n1)c(N1C[C@@H](C)N(C(C)c3ccc(F)cc3OC)C[C@@H]1C)cc(=O)n2C. The average molecular weight is 546 g/mol. The number of methoxy groups -OCH3 is 1. The van der Waals surface area contributed by atoms with Crippen molar-refractivity contribution in [3.63, 3.8) is 0 Å². The number of anilines is 1. The van der Waals surface area contributed by atoms with Gasteiger partial charge in [-0.3, -0.25) is 9.69 Å². The quantitative estimate of drug-likeness (QED) is 0.289. The summed E-state index contributed by atoms with van der Waals surface area (Å²) >= 11 is 0. The minimum Gasteiger partial charge on any atom is -0.496 e. The van der Waals surface area contributed by atoms with Crippen LogP contribution in [0, 0.1) is 18.2 Å². The number of pyridine rings is 2. The fourth-order valence-electron chi connectivity index (χ4n) is 5.23. The van der Waals surface area contributed by atoms with E-state index >= 15 is 0 Å². The van der Waals surface area contributed by atoms with Crippen molar-refractivity contribution in [1.82, 2.24) is 14.5 Å². The molecule has 1 aliphatic heterocycles. The predicted octanol–water partition coefficient (Wildman–Crippen LogP) is 6.12. The van der Waals surface area contributed by atoms with Crippen LogP contribution < -0.4 is 15.2 Å². The fourth-order valence-corrected chi connectivity index (χ4v) is 5.23. The van der Waals surface area contributed by atoms with Crippen LogP contribution in [0.25, 0.3) is 15.9 Å². The van der Waals surface area contributed by atoms with Crippen LogP contribution in [0.5, 0.6) is 5.75 Å². The second-order valence-electron chi connectivity index (χ2n) is 9.98. The standard InChI is InChI=1S/C25H28FN5O2.C6H5F/c1-15-14-31(21-12-24(32)29(5)20-9-10-23(27-4)28-25(20)21)16(2)13-30(15)17(3)19-8-7-18(26)11-22(19)33-6;7-6-4-2-1-3-5-6/h7-12,15-17H,13-14H2,1-3,5-6H3;1-5H/t15-,16+,17?;/m1./s1. The summed E-state index contributed by atoms with van der Waals surface area (Å²) in [6, 6.07) is 17.9. The van der Waals surface area contributed by atoms with Crippen molar-refractivity contribution in [2.45, 2.75) is 38.9 Å². The molecule has 0 N–H and O–H groups in total. The molecule has 3 atom stereocenters. The Morgan fingerprint density at radius 2 is 1.73 bits per heavy atom. The van der Waals surface area contributed by atoms with Crippen LogP contribution in [0.3, 0.4) is 0 Å². The van der Waals surface area contributed by atoms with E-state index in [1.807, 2.05) is 0 Å². The summed E-state index contributed by atoms with van der Waals surface area (Å²) in [6.07, 6.45) is 0. The van der Waals surface area contributed by atoms with Crippen molar-refractivity contribution >= 4 is 22.5 Å². The molecular weight excluding hydrogens is 512 g/mol. The maximum Gasteiger partial charge on any atom is 0.270 e. The molecular formula is C31H33F2N5O2. The molecule has 1 saturated heterocycles. The van der Waals surface area contributed by atoms with Gasteiger partial charge in [0.2, 0.25) is 5.52 Å². The first-order chi connectivity index (χ1) is 19.1. The minimum absolute atomic E-state index is 0.0207. The molecule has 40 heavy (non-hydrogen) atoms. The summed E-state index contributed by atoms with van der Waals surface area (Å²) in [4.78, 5) is 25.3. The monoisotopic (exact) mass is 545 g/mol. The van der Waals surface area contributed by atoms with E-state index in [1.54, 1.807) is 61.2 Å². The zero-order valence-electron chi connectivity index (χ0n) is 23.3. The van der Waals surface area contributed by atoms with E-state index in [1.165, 1.54) is 24.3 Å². The first kappa shape index (κ1) is 28.7. The van der Waals surface area contributed by atoms with Crippen LogP contribution in [0.1, 0.15) is 32.4 Å². The lowest BCUT2D eigenvalue weighted by atomic mass is 9.99. The fraction of sp³-hybridized carbons (Fsp3) is 0.323. The molecule has 9 heteroatoms. The Balaban J connectivity index is 0.000000461. The highest BCUT2D eigenvalue weighted by atomic mass is 19.1. The first-order valence-corrected chi connectivity index (χ1v) is 13.1. The largest absolute Gasteiger partial charge is 0.496 e. The predicted molar refractivity (Wildman–Crippen MR) is 154 cm³/mol.